The number of rotatable bonds is 0. The number of hydrogen-bond donors (Lipinski definition) is 1. The van der Waals surface area contributed by atoms with Crippen molar-refractivity contribution in [2.75, 3.05) is 0 Å². The molecule has 0 spiro atoms. The van der Waals surface area contributed by atoms with Crippen LogP contribution in [-0.2, 0) is 19.8 Å². The van der Waals surface area contributed by atoms with E-state index >= 15 is 0 Å². The number of hydrogen-bond acceptors (Lipinski definition) is 0. The maximum absolute atomic E-state index is 2.74. The SMILES string of the molecule is [Os+].[c-]1ccc[nH]1. The summed E-state index contributed by atoms with van der Waals surface area (Å²) in [7, 11) is 0. The largest absolute Gasteiger partial charge is 1.00 e. The Labute approximate surface area is 49.8 Å². The number of aromatic nitrogens is 1. The summed E-state index contributed by atoms with van der Waals surface area (Å²) in [5.74, 6) is 0. The molecule has 0 aliphatic carbocycles. The van der Waals surface area contributed by atoms with Gasteiger partial charge in [-0.1, -0.05) is 0 Å². The molecule has 1 aromatic heterocycles. The number of aromatic amines is 1. The third-order valence-electron chi connectivity index (χ3n) is 0.442. The average molecular weight is 256 g/mol. The Morgan fingerprint density at radius 2 is 2.33 bits per heavy atom. The van der Waals surface area contributed by atoms with Crippen LogP contribution in [0.3, 0.4) is 0 Å². The van der Waals surface area contributed by atoms with E-state index in [0.29, 0.717) is 0 Å². The standard InChI is InChI=1S/C4H4N.Os/c1-2-4-5-3-1;/h1-3,5H;/q-1;+1. The maximum Gasteiger partial charge on any atom is 1.00 e. The van der Waals surface area contributed by atoms with Gasteiger partial charge in [0.25, 0.3) is 0 Å². The van der Waals surface area contributed by atoms with Crippen molar-refractivity contribution in [3.05, 3.63) is 24.5 Å². The second-order valence-corrected chi connectivity index (χ2v) is 0.814. The zero-order valence-electron chi connectivity index (χ0n) is 3.09. The van der Waals surface area contributed by atoms with Gasteiger partial charge in [0.05, 0.1) is 0 Å². The van der Waals surface area contributed by atoms with Crippen molar-refractivity contribution in [2.45, 2.75) is 0 Å². The predicted molar refractivity (Wildman–Crippen MR) is 19.6 cm³/mol. The first-order chi connectivity index (χ1) is 2.50. The zero-order chi connectivity index (χ0) is 3.54. The minimum absolute atomic E-state index is 0. The molecule has 6 heavy (non-hydrogen) atoms. The molecule has 0 atom stereocenters. The van der Waals surface area contributed by atoms with Gasteiger partial charge >= 0.3 is 19.8 Å². The molecule has 0 saturated carbocycles. The predicted octanol–water partition coefficient (Wildman–Crippen LogP) is 0.812. The molecule has 1 aromatic rings. The smallest absolute Gasteiger partial charge is 0.484 e. The fourth-order valence-electron chi connectivity index (χ4n) is 0.241. The van der Waals surface area contributed by atoms with Crippen LogP contribution in [0.2, 0.25) is 0 Å². The molecule has 0 aliphatic heterocycles. The van der Waals surface area contributed by atoms with Crippen LogP contribution in [0.15, 0.2) is 18.3 Å². The Balaban J connectivity index is 0.000000250. The van der Waals surface area contributed by atoms with Gasteiger partial charge in [-0.2, -0.15) is 18.3 Å². The molecule has 33 valence electrons. The Morgan fingerprint density at radius 1 is 1.50 bits per heavy atom. The van der Waals surface area contributed by atoms with Crippen LogP contribution in [0.5, 0.6) is 0 Å². The molecule has 1 radical (unpaired) electrons. The van der Waals surface area contributed by atoms with Gasteiger partial charge in [-0.15, -0.1) is 6.20 Å². The third kappa shape index (κ3) is 1.38. The molecule has 0 amide bonds. The molecule has 1 rings (SSSR count). The maximum atomic E-state index is 2.74. The molecule has 1 N–H and O–H groups in total. The Kier molecular flexibility index (Phi) is 3.08. The fourth-order valence-corrected chi connectivity index (χ4v) is 0.241. The molecule has 1 nitrogen and oxygen atoms in total. The summed E-state index contributed by atoms with van der Waals surface area (Å²) < 4.78 is 0. The summed E-state index contributed by atoms with van der Waals surface area (Å²) in [6.07, 6.45) is 4.56. The van der Waals surface area contributed by atoms with Crippen molar-refractivity contribution in [3.63, 3.8) is 0 Å². The van der Waals surface area contributed by atoms with Crippen LogP contribution in [0, 0.1) is 6.20 Å². The average Bonchev–Trinajstić information content (AvgIpc) is 1.76. The molecule has 0 aliphatic rings. The van der Waals surface area contributed by atoms with Crippen molar-refractivity contribution in [2.24, 2.45) is 0 Å². The van der Waals surface area contributed by atoms with Crippen LogP contribution in [0.25, 0.3) is 0 Å². The Hall–Kier alpha value is -0.0836. The van der Waals surface area contributed by atoms with E-state index in [4.69, 9.17) is 0 Å². The van der Waals surface area contributed by atoms with Gasteiger partial charge in [-0.3, -0.25) is 0 Å². The van der Waals surface area contributed by atoms with Crippen LogP contribution in [-0.4, -0.2) is 4.98 Å². The fraction of sp³-hybridized carbons (Fsp3) is 0. The van der Waals surface area contributed by atoms with E-state index in [1.165, 1.54) is 0 Å². The van der Waals surface area contributed by atoms with E-state index in [2.05, 4.69) is 11.2 Å². The van der Waals surface area contributed by atoms with Gasteiger partial charge in [0.1, 0.15) is 0 Å². The van der Waals surface area contributed by atoms with Crippen LogP contribution < -0.4 is 0 Å². The molecule has 2 heteroatoms. The topological polar surface area (TPSA) is 15.8 Å². The summed E-state index contributed by atoms with van der Waals surface area (Å²) in [6, 6.07) is 3.71. The molecule has 0 aromatic carbocycles. The summed E-state index contributed by atoms with van der Waals surface area (Å²) in [5.41, 5.74) is 0. The zero-order valence-corrected chi connectivity index (χ0v) is 5.63. The van der Waals surface area contributed by atoms with Crippen molar-refractivity contribution in [1.29, 1.82) is 0 Å². The Bertz CT molecular complexity index is 64.0. The minimum Gasteiger partial charge on any atom is -0.484 e. The Morgan fingerprint density at radius 3 is 2.50 bits per heavy atom. The summed E-state index contributed by atoms with van der Waals surface area (Å²) in [5, 5.41) is 0. The van der Waals surface area contributed by atoms with E-state index in [1.807, 2.05) is 18.3 Å². The summed E-state index contributed by atoms with van der Waals surface area (Å²) in [6.45, 7) is 0. The van der Waals surface area contributed by atoms with Gasteiger partial charge in [0, 0.05) is 0 Å². The van der Waals surface area contributed by atoms with Crippen LogP contribution in [0.1, 0.15) is 0 Å². The van der Waals surface area contributed by atoms with E-state index in [1.54, 1.807) is 0 Å². The van der Waals surface area contributed by atoms with Crippen molar-refractivity contribution >= 4 is 0 Å². The first kappa shape index (κ1) is 5.92. The quantitative estimate of drug-likeness (QED) is 0.661. The molecule has 0 saturated heterocycles. The second kappa shape index (κ2) is 3.12. The van der Waals surface area contributed by atoms with Crippen LogP contribution in [0.4, 0.5) is 0 Å². The van der Waals surface area contributed by atoms with E-state index in [0.717, 1.165) is 0 Å². The van der Waals surface area contributed by atoms with Gasteiger partial charge in [-0.05, 0) is 0 Å². The first-order valence-corrected chi connectivity index (χ1v) is 1.49. The van der Waals surface area contributed by atoms with E-state index in [9.17, 15) is 0 Å². The summed E-state index contributed by atoms with van der Waals surface area (Å²) >= 11 is 0. The van der Waals surface area contributed by atoms with E-state index in [-0.39, 0.29) is 19.8 Å². The second-order valence-electron chi connectivity index (χ2n) is 0.814. The molecule has 0 unspecified atom stereocenters. The van der Waals surface area contributed by atoms with Gasteiger partial charge in [0.15, 0.2) is 0 Å². The monoisotopic (exact) mass is 258 g/mol. The molecular weight excluding hydrogens is 252 g/mol. The van der Waals surface area contributed by atoms with E-state index < -0.39 is 0 Å². The molecular formula is C4H4NOs. The van der Waals surface area contributed by atoms with Gasteiger partial charge in [-0.25, -0.2) is 0 Å². The third-order valence-corrected chi connectivity index (χ3v) is 0.442. The van der Waals surface area contributed by atoms with Gasteiger partial charge in [0.2, 0.25) is 0 Å². The van der Waals surface area contributed by atoms with Crippen molar-refractivity contribution < 1.29 is 19.8 Å². The van der Waals surface area contributed by atoms with Gasteiger partial charge < -0.3 is 4.98 Å². The summed E-state index contributed by atoms with van der Waals surface area (Å²) in [4.78, 5) is 2.74. The van der Waals surface area contributed by atoms with Crippen molar-refractivity contribution in [1.82, 2.24) is 4.98 Å². The molecule has 1 heterocycles. The van der Waals surface area contributed by atoms with Crippen molar-refractivity contribution in [3.8, 4) is 0 Å². The molecule has 0 bridgehead atoms. The number of H-pyrrole nitrogens is 1. The molecule has 0 fully saturated rings. The first-order valence-electron chi connectivity index (χ1n) is 1.49. The van der Waals surface area contributed by atoms with Crippen LogP contribution >= 0.6 is 0 Å². The normalized spacial score (nSPS) is 6.67. The number of nitrogens with one attached hydrogen (secondary N) is 1. The minimum atomic E-state index is 0.